The molecule has 18 heavy (non-hydrogen) atoms. The topological polar surface area (TPSA) is 40.7 Å². The zero-order valence-electron chi connectivity index (χ0n) is 11.1. The van der Waals surface area contributed by atoms with Crippen molar-refractivity contribution in [3.05, 3.63) is 18.0 Å². The zero-order valence-corrected chi connectivity index (χ0v) is 11.1. The fourth-order valence-corrected chi connectivity index (χ4v) is 5.51. The quantitative estimate of drug-likeness (QED) is 0.859. The number of H-pyrrole nitrogens is 1. The van der Waals surface area contributed by atoms with E-state index >= 15 is 0 Å². The van der Waals surface area contributed by atoms with Crippen LogP contribution >= 0.6 is 0 Å². The van der Waals surface area contributed by atoms with E-state index in [9.17, 15) is 0 Å². The standard InChI is InChI=1S/C15H23N3/c1-16-15(13-2-3-17-18-13)14-11-5-9-4-10(7-11)8-12(14)6-9/h2-3,9-12,14-16H,4-8H2,1H3,(H,17,18). The fraction of sp³-hybridized carbons (Fsp3) is 0.800. The van der Waals surface area contributed by atoms with Crippen LogP contribution in [-0.4, -0.2) is 17.2 Å². The number of hydrogen-bond acceptors (Lipinski definition) is 2. The lowest BCUT2D eigenvalue weighted by atomic mass is 9.50. The van der Waals surface area contributed by atoms with Gasteiger partial charge in [-0.3, -0.25) is 5.10 Å². The number of nitrogens with one attached hydrogen (secondary N) is 2. The van der Waals surface area contributed by atoms with E-state index in [0.29, 0.717) is 6.04 Å². The van der Waals surface area contributed by atoms with Crippen molar-refractivity contribution in [3.63, 3.8) is 0 Å². The summed E-state index contributed by atoms with van der Waals surface area (Å²) in [5.74, 6) is 4.87. The van der Waals surface area contributed by atoms with Crippen LogP contribution in [0.5, 0.6) is 0 Å². The second-order valence-corrected chi connectivity index (χ2v) is 6.79. The summed E-state index contributed by atoms with van der Waals surface area (Å²) in [7, 11) is 2.11. The van der Waals surface area contributed by atoms with Gasteiger partial charge in [0.15, 0.2) is 0 Å². The van der Waals surface area contributed by atoms with E-state index in [4.69, 9.17) is 0 Å². The first kappa shape index (κ1) is 11.0. The van der Waals surface area contributed by atoms with Gasteiger partial charge in [0.25, 0.3) is 0 Å². The smallest absolute Gasteiger partial charge is 0.0524 e. The maximum atomic E-state index is 4.14. The van der Waals surface area contributed by atoms with Crippen molar-refractivity contribution in [1.29, 1.82) is 0 Å². The van der Waals surface area contributed by atoms with Gasteiger partial charge in [-0.1, -0.05) is 0 Å². The predicted octanol–water partition coefficient (Wildman–Crippen LogP) is 2.74. The molecule has 4 bridgehead atoms. The van der Waals surface area contributed by atoms with Crippen molar-refractivity contribution < 1.29 is 0 Å². The Morgan fingerprint density at radius 3 is 2.33 bits per heavy atom. The van der Waals surface area contributed by atoms with E-state index in [2.05, 4.69) is 28.6 Å². The molecule has 0 aliphatic heterocycles. The number of nitrogens with zero attached hydrogens (tertiary/aromatic N) is 1. The van der Waals surface area contributed by atoms with Crippen LogP contribution in [0.4, 0.5) is 0 Å². The average Bonchev–Trinajstić information content (AvgIpc) is 2.86. The van der Waals surface area contributed by atoms with Gasteiger partial charge in [0, 0.05) is 6.20 Å². The molecule has 0 aromatic carbocycles. The monoisotopic (exact) mass is 245 g/mol. The van der Waals surface area contributed by atoms with Crippen molar-refractivity contribution in [1.82, 2.24) is 15.5 Å². The molecule has 0 spiro atoms. The van der Waals surface area contributed by atoms with Crippen LogP contribution in [0.1, 0.15) is 43.8 Å². The highest BCUT2D eigenvalue weighted by Gasteiger charge is 2.50. The van der Waals surface area contributed by atoms with Gasteiger partial charge in [-0.2, -0.15) is 5.10 Å². The molecular formula is C15H23N3. The fourth-order valence-electron chi connectivity index (χ4n) is 5.51. The minimum absolute atomic E-state index is 0.488. The van der Waals surface area contributed by atoms with E-state index in [1.54, 1.807) is 0 Å². The average molecular weight is 245 g/mol. The molecule has 1 heterocycles. The molecule has 3 nitrogen and oxygen atoms in total. The Labute approximate surface area is 109 Å². The molecule has 4 fully saturated rings. The van der Waals surface area contributed by atoms with Crippen LogP contribution in [0.15, 0.2) is 12.3 Å². The molecule has 98 valence electrons. The molecule has 5 rings (SSSR count). The summed E-state index contributed by atoms with van der Waals surface area (Å²) < 4.78 is 0. The van der Waals surface area contributed by atoms with E-state index in [-0.39, 0.29) is 0 Å². The Morgan fingerprint density at radius 1 is 1.17 bits per heavy atom. The van der Waals surface area contributed by atoms with Crippen molar-refractivity contribution in [2.24, 2.45) is 29.6 Å². The lowest BCUT2D eigenvalue weighted by Gasteiger charge is -2.56. The Bertz CT molecular complexity index is 383. The molecule has 1 aromatic rings. The molecule has 2 N–H and O–H groups in total. The van der Waals surface area contributed by atoms with Gasteiger partial charge in [0.2, 0.25) is 0 Å². The van der Waals surface area contributed by atoms with Crippen LogP contribution in [0.25, 0.3) is 0 Å². The van der Waals surface area contributed by atoms with Gasteiger partial charge in [0.1, 0.15) is 0 Å². The summed E-state index contributed by atoms with van der Waals surface area (Å²) in [6.07, 6.45) is 9.38. The second-order valence-electron chi connectivity index (χ2n) is 6.79. The van der Waals surface area contributed by atoms with Crippen molar-refractivity contribution in [2.75, 3.05) is 7.05 Å². The van der Waals surface area contributed by atoms with E-state index in [1.807, 2.05) is 6.20 Å². The van der Waals surface area contributed by atoms with Crippen molar-refractivity contribution >= 4 is 0 Å². The highest BCUT2D eigenvalue weighted by Crippen LogP contribution is 2.59. The molecule has 1 aromatic heterocycles. The highest BCUT2D eigenvalue weighted by atomic mass is 15.1. The molecule has 0 saturated heterocycles. The van der Waals surface area contributed by atoms with Gasteiger partial charge >= 0.3 is 0 Å². The molecule has 4 saturated carbocycles. The Morgan fingerprint density at radius 2 is 1.83 bits per heavy atom. The van der Waals surface area contributed by atoms with Crippen LogP contribution < -0.4 is 5.32 Å². The van der Waals surface area contributed by atoms with Crippen LogP contribution in [0.2, 0.25) is 0 Å². The zero-order chi connectivity index (χ0) is 12.1. The normalized spacial score (nSPS) is 43.3. The maximum Gasteiger partial charge on any atom is 0.0524 e. The first-order valence-electron chi connectivity index (χ1n) is 7.51. The minimum Gasteiger partial charge on any atom is -0.311 e. The molecule has 4 aliphatic carbocycles. The first-order chi connectivity index (χ1) is 8.85. The highest BCUT2D eigenvalue weighted by molar-refractivity contribution is 5.11. The first-order valence-corrected chi connectivity index (χ1v) is 7.51. The number of aromatic nitrogens is 2. The van der Waals surface area contributed by atoms with Crippen molar-refractivity contribution in [2.45, 2.75) is 38.1 Å². The van der Waals surface area contributed by atoms with Gasteiger partial charge in [-0.05, 0) is 74.8 Å². The summed E-state index contributed by atoms with van der Waals surface area (Å²) in [6, 6.07) is 2.63. The molecule has 1 atom stereocenters. The van der Waals surface area contributed by atoms with Gasteiger partial charge in [-0.15, -0.1) is 0 Å². The Kier molecular flexibility index (Phi) is 2.51. The predicted molar refractivity (Wildman–Crippen MR) is 70.9 cm³/mol. The lowest BCUT2D eigenvalue weighted by Crippen LogP contribution is -2.49. The summed E-state index contributed by atoms with van der Waals surface area (Å²) in [4.78, 5) is 0. The molecule has 3 heteroatoms. The van der Waals surface area contributed by atoms with Crippen molar-refractivity contribution in [3.8, 4) is 0 Å². The van der Waals surface area contributed by atoms with Crippen LogP contribution in [0, 0.1) is 29.6 Å². The number of hydrogen-bond donors (Lipinski definition) is 2. The van der Waals surface area contributed by atoms with Gasteiger partial charge in [-0.25, -0.2) is 0 Å². The van der Waals surface area contributed by atoms with Gasteiger partial charge in [0.05, 0.1) is 11.7 Å². The summed E-state index contributed by atoms with van der Waals surface area (Å²) in [6.45, 7) is 0. The van der Waals surface area contributed by atoms with E-state index in [0.717, 1.165) is 29.6 Å². The van der Waals surface area contributed by atoms with Crippen LogP contribution in [-0.2, 0) is 0 Å². The SMILES string of the molecule is CNC(c1ccn[nH]1)C1C2CC3CC(C2)CC1C3. The van der Waals surface area contributed by atoms with Gasteiger partial charge < -0.3 is 5.32 Å². The summed E-state index contributed by atoms with van der Waals surface area (Å²) >= 11 is 0. The number of rotatable bonds is 3. The Hall–Kier alpha value is -0.830. The Balaban J connectivity index is 1.64. The second kappa shape index (κ2) is 4.09. The van der Waals surface area contributed by atoms with Crippen LogP contribution in [0.3, 0.4) is 0 Å². The third kappa shape index (κ3) is 1.56. The molecular weight excluding hydrogens is 222 g/mol. The molecule has 0 radical (unpaired) electrons. The molecule has 1 unspecified atom stereocenters. The largest absolute Gasteiger partial charge is 0.311 e. The lowest BCUT2D eigenvalue weighted by molar-refractivity contribution is -0.0521. The number of aromatic amines is 1. The molecule has 0 amide bonds. The van der Waals surface area contributed by atoms with E-state index in [1.165, 1.54) is 37.8 Å². The minimum atomic E-state index is 0.488. The van der Waals surface area contributed by atoms with E-state index < -0.39 is 0 Å². The third-order valence-electron chi connectivity index (χ3n) is 5.85. The summed E-state index contributed by atoms with van der Waals surface area (Å²) in [5.41, 5.74) is 1.29. The molecule has 4 aliphatic rings. The summed E-state index contributed by atoms with van der Waals surface area (Å²) in [5, 5.41) is 10.9. The maximum absolute atomic E-state index is 4.14. The third-order valence-corrected chi connectivity index (χ3v) is 5.85.